The zero-order valence-electron chi connectivity index (χ0n) is 13.2. The minimum Gasteiger partial charge on any atom is -0.496 e. The van der Waals surface area contributed by atoms with Crippen molar-refractivity contribution in [3.8, 4) is 22.7 Å². The number of rotatable bonds is 5. The van der Waals surface area contributed by atoms with Gasteiger partial charge in [0.1, 0.15) is 17.1 Å². The SMILES string of the molecule is COc1ccc(Cl)cc1-c1nn(CC2CCO2)cc1-n1cccn1. The lowest BCUT2D eigenvalue weighted by molar-refractivity contribution is -0.0608. The summed E-state index contributed by atoms with van der Waals surface area (Å²) >= 11 is 6.19. The van der Waals surface area contributed by atoms with Crippen molar-refractivity contribution in [3.05, 3.63) is 47.9 Å². The smallest absolute Gasteiger partial charge is 0.128 e. The zero-order valence-corrected chi connectivity index (χ0v) is 14.0. The number of halogens is 1. The molecule has 0 saturated carbocycles. The molecule has 1 aliphatic heterocycles. The van der Waals surface area contributed by atoms with Crippen LogP contribution in [-0.2, 0) is 11.3 Å². The van der Waals surface area contributed by atoms with Crippen molar-refractivity contribution in [2.24, 2.45) is 0 Å². The Morgan fingerprint density at radius 2 is 2.29 bits per heavy atom. The molecule has 124 valence electrons. The second-order valence-corrected chi connectivity index (χ2v) is 6.10. The molecule has 0 spiro atoms. The van der Waals surface area contributed by atoms with Crippen molar-refractivity contribution in [1.82, 2.24) is 19.6 Å². The molecule has 1 atom stereocenters. The van der Waals surface area contributed by atoms with Crippen molar-refractivity contribution < 1.29 is 9.47 Å². The zero-order chi connectivity index (χ0) is 16.5. The first-order valence-corrected chi connectivity index (χ1v) is 8.15. The molecule has 0 amide bonds. The van der Waals surface area contributed by atoms with Crippen molar-refractivity contribution in [2.75, 3.05) is 13.7 Å². The summed E-state index contributed by atoms with van der Waals surface area (Å²) in [5.41, 5.74) is 2.49. The van der Waals surface area contributed by atoms with Gasteiger partial charge in [-0.1, -0.05) is 11.6 Å². The van der Waals surface area contributed by atoms with Gasteiger partial charge >= 0.3 is 0 Å². The Bertz CT molecular complexity index is 840. The van der Waals surface area contributed by atoms with E-state index >= 15 is 0 Å². The molecule has 1 aromatic carbocycles. The highest BCUT2D eigenvalue weighted by molar-refractivity contribution is 6.31. The van der Waals surface area contributed by atoms with Crippen LogP contribution in [0.4, 0.5) is 0 Å². The van der Waals surface area contributed by atoms with E-state index in [-0.39, 0.29) is 6.10 Å². The second kappa shape index (κ2) is 6.30. The van der Waals surface area contributed by atoms with E-state index in [0.717, 1.165) is 42.3 Å². The average molecular weight is 345 g/mol. The van der Waals surface area contributed by atoms with Crippen molar-refractivity contribution in [1.29, 1.82) is 0 Å². The Balaban J connectivity index is 1.82. The van der Waals surface area contributed by atoms with Gasteiger partial charge in [-0.25, -0.2) is 4.68 Å². The maximum Gasteiger partial charge on any atom is 0.128 e. The van der Waals surface area contributed by atoms with Crippen LogP contribution in [0.2, 0.25) is 5.02 Å². The highest BCUT2D eigenvalue weighted by atomic mass is 35.5. The fraction of sp³-hybridized carbons (Fsp3) is 0.294. The summed E-state index contributed by atoms with van der Waals surface area (Å²) in [4.78, 5) is 0. The summed E-state index contributed by atoms with van der Waals surface area (Å²) in [7, 11) is 1.64. The number of hydrogen-bond donors (Lipinski definition) is 0. The molecule has 0 aliphatic carbocycles. The topological polar surface area (TPSA) is 54.1 Å². The number of methoxy groups -OCH3 is 1. The summed E-state index contributed by atoms with van der Waals surface area (Å²) in [6, 6.07) is 7.39. The molecule has 2 aromatic heterocycles. The number of ether oxygens (including phenoxy) is 2. The summed E-state index contributed by atoms with van der Waals surface area (Å²) in [6.07, 6.45) is 6.90. The van der Waals surface area contributed by atoms with Crippen molar-refractivity contribution in [3.63, 3.8) is 0 Å². The lowest BCUT2D eigenvalue weighted by atomic mass is 10.1. The van der Waals surface area contributed by atoms with E-state index in [1.54, 1.807) is 24.1 Å². The highest BCUT2D eigenvalue weighted by Gasteiger charge is 2.22. The van der Waals surface area contributed by atoms with Crippen LogP contribution in [0.3, 0.4) is 0 Å². The van der Waals surface area contributed by atoms with Crippen LogP contribution in [0.25, 0.3) is 16.9 Å². The maximum absolute atomic E-state index is 6.19. The predicted octanol–water partition coefficient (Wildman–Crippen LogP) is 3.19. The van der Waals surface area contributed by atoms with E-state index in [0.29, 0.717) is 5.02 Å². The molecular formula is C17H17ClN4O2. The minimum atomic E-state index is 0.226. The predicted molar refractivity (Wildman–Crippen MR) is 90.7 cm³/mol. The van der Waals surface area contributed by atoms with Crippen LogP contribution < -0.4 is 4.74 Å². The van der Waals surface area contributed by atoms with Gasteiger partial charge in [0.25, 0.3) is 0 Å². The quantitative estimate of drug-likeness (QED) is 0.713. The monoisotopic (exact) mass is 344 g/mol. The molecule has 0 radical (unpaired) electrons. The molecule has 6 nitrogen and oxygen atoms in total. The number of nitrogens with zero attached hydrogens (tertiary/aromatic N) is 4. The molecule has 1 aliphatic rings. The lowest BCUT2D eigenvalue weighted by Crippen LogP contribution is -2.31. The molecule has 4 rings (SSSR count). The Labute approximate surface area is 144 Å². The molecular weight excluding hydrogens is 328 g/mol. The molecule has 3 heterocycles. The Kier molecular flexibility index (Phi) is 4.00. The standard InChI is InChI=1S/C17H17ClN4O2/c1-23-16-4-3-12(18)9-14(16)17-15(22-7-2-6-19-22)11-21(20-17)10-13-5-8-24-13/h2-4,6-7,9,11,13H,5,8,10H2,1H3. The average Bonchev–Trinajstić information content (AvgIpc) is 3.20. The Morgan fingerprint density at radius 1 is 1.42 bits per heavy atom. The first-order valence-electron chi connectivity index (χ1n) is 7.77. The van der Waals surface area contributed by atoms with Crippen LogP contribution in [0.15, 0.2) is 42.9 Å². The van der Waals surface area contributed by atoms with E-state index in [4.69, 9.17) is 26.2 Å². The van der Waals surface area contributed by atoms with Gasteiger partial charge in [-0.05, 0) is 30.7 Å². The third-order valence-corrected chi connectivity index (χ3v) is 4.33. The Hall–Kier alpha value is -2.31. The van der Waals surface area contributed by atoms with Crippen LogP contribution in [0.1, 0.15) is 6.42 Å². The number of aromatic nitrogens is 4. The molecule has 1 fully saturated rings. The lowest BCUT2D eigenvalue weighted by Gasteiger charge is -2.25. The molecule has 24 heavy (non-hydrogen) atoms. The molecule has 7 heteroatoms. The van der Waals surface area contributed by atoms with Gasteiger partial charge < -0.3 is 9.47 Å². The third kappa shape index (κ3) is 2.79. The minimum absolute atomic E-state index is 0.226. The number of hydrogen-bond acceptors (Lipinski definition) is 4. The summed E-state index contributed by atoms with van der Waals surface area (Å²) < 4.78 is 14.7. The van der Waals surface area contributed by atoms with E-state index in [1.165, 1.54) is 0 Å². The summed E-state index contributed by atoms with van der Waals surface area (Å²) in [6.45, 7) is 1.55. The molecule has 0 N–H and O–H groups in total. The van der Waals surface area contributed by atoms with Crippen LogP contribution in [0, 0.1) is 0 Å². The molecule has 1 saturated heterocycles. The molecule has 0 bridgehead atoms. The van der Waals surface area contributed by atoms with Crippen LogP contribution >= 0.6 is 11.6 Å². The van der Waals surface area contributed by atoms with E-state index in [1.807, 2.05) is 35.3 Å². The Morgan fingerprint density at radius 3 is 2.96 bits per heavy atom. The molecule has 1 unspecified atom stereocenters. The number of benzene rings is 1. The third-order valence-electron chi connectivity index (χ3n) is 4.09. The van der Waals surface area contributed by atoms with Crippen LogP contribution in [-0.4, -0.2) is 39.4 Å². The maximum atomic E-state index is 6.19. The van der Waals surface area contributed by atoms with Gasteiger partial charge in [-0.3, -0.25) is 4.68 Å². The summed E-state index contributed by atoms with van der Waals surface area (Å²) in [5, 5.41) is 9.71. The van der Waals surface area contributed by atoms with Crippen molar-refractivity contribution in [2.45, 2.75) is 19.1 Å². The van der Waals surface area contributed by atoms with Gasteiger partial charge in [0.05, 0.1) is 26.0 Å². The van der Waals surface area contributed by atoms with Crippen molar-refractivity contribution >= 4 is 11.6 Å². The van der Waals surface area contributed by atoms with Gasteiger partial charge in [0.15, 0.2) is 0 Å². The molecule has 3 aromatic rings. The summed E-state index contributed by atoms with van der Waals surface area (Å²) in [5.74, 6) is 0.720. The largest absolute Gasteiger partial charge is 0.496 e. The normalized spacial score (nSPS) is 16.8. The van der Waals surface area contributed by atoms with Gasteiger partial charge in [0.2, 0.25) is 0 Å². The van der Waals surface area contributed by atoms with Gasteiger partial charge in [0, 0.05) is 29.6 Å². The van der Waals surface area contributed by atoms with Crippen LogP contribution in [0.5, 0.6) is 5.75 Å². The van der Waals surface area contributed by atoms with E-state index < -0.39 is 0 Å². The van der Waals surface area contributed by atoms with E-state index in [9.17, 15) is 0 Å². The van der Waals surface area contributed by atoms with Gasteiger partial charge in [-0.15, -0.1) is 0 Å². The van der Waals surface area contributed by atoms with Gasteiger partial charge in [-0.2, -0.15) is 10.2 Å². The first kappa shape index (κ1) is 15.2. The fourth-order valence-corrected chi connectivity index (χ4v) is 2.95. The first-order chi connectivity index (χ1) is 11.7. The highest BCUT2D eigenvalue weighted by Crippen LogP contribution is 2.35. The second-order valence-electron chi connectivity index (χ2n) is 5.66. The van der Waals surface area contributed by atoms with E-state index in [2.05, 4.69) is 5.10 Å². The fourth-order valence-electron chi connectivity index (χ4n) is 2.78.